The quantitative estimate of drug-likeness (QED) is 0.403. The molecule has 202 valence electrons. The van der Waals surface area contributed by atoms with Crippen LogP contribution in [0.25, 0.3) is 6.08 Å². The lowest BCUT2D eigenvalue weighted by atomic mass is 9.91. The largest absolute Gasteiger partial charge is 0.494 e. The summed E-state index contributed by atoms with van der Waals surface area (Å²) < 4.78 is 22.3. The van der Waals surface area contributed by atoms with Gasteiger partial charge in [0.1, 0.15) is 5.75 Å². The van der Waals surface area contributed by atoms with Gasteiger partial charge >= 0.3 is 0 Å². The van der Waals surface area contributed by atoms with Gasteiger partial charge in [0.2, 0.25) is 11.7 Å². The number of halogens is 1. The molecule has 1 fully saturated rings. The van der Waals surface area contributed by atoms with Gasteiger partial charge in [0, 0.05) is 38.3 Å². The highest BCUT2D eigenvalue weighted by atomic mass is 35.5. The van der Waals surface area contributed by atoms with E-state index in [1.165, 1.54) is 5.56 Å². The molecule has 2 aromatic carbocycles. The number of aryl methyl sites for hydroxylation is 1. The Morgan fingerprint density at radius 2 is 1.62 bits per heavy atom. The monoisotopic (exact) mass is 530 g/mol. The van der Waals surface area contributed by atoms with Gasteiger partial charge in [-0.15, -0.1) is 12.4 Å². The van der Waals surface area contributed by atoms with E-state index in [4.69, 9.17) is 18.9 Å². The van der Waals surface area contributed by atoms with Gasteiger partial charge in [0.25, 0.3) is 0 Å². The molecule has 4 rings (SSSR count). The predicted octanol–water partition coefficient (Wildman–Crippen LogP) is 4.99. The van der Waals surface area contributed by atoms with Gasteiger partial charge in [0.05, 0.1) is 27.9 Å². The lowest BCUT2D eigenvalue weighted by Gasteiger charge is -2.35. The van der Waals surface area contributed by atoms with Crippen molar-refractivity contribution in [1.29, 1.82) is 0 Å². The number of carbonyl (C=O) groups is 1. The summed E-state index contributed by atoms with van der Waals surface area (Å²) in [5, 5.41) is 0. The molecule has 8 heteroatoms. The summed E-state index contributed by atoms with van der Waals surface area (Å²) in [7, 11) is 4.87. The summed E-state index contributed by atoms with van der Waals surface area (Å²) in [6, 6.07) is 10.2. The summed E-state index contributed by atoms with van der Waals surface area (Å²) in [5.74, 6) is 3.00. The molecule has 1 aliphatic heterocycles. The number of methoxy groups -OCH3 is 3. The van der Waals surface area contributed by atoms with Crippen LogP contribution < -0.4 is 18.9 Å². The van der Waals surface area contributed by atoms with Gasteiger partial charge in [-0.1, -0.05) is 19.4 Å². The lowest BCUT2D eigenvalue weighted by Crippen LogP contribution is -2.48. The van der Waals surface area contributed by atoms with E-state index in [1.807, 2.05) is 23.1 Å². The average molecular weight is 531 g/mol. The minimum Gasteiger partial charge on any atom is -0.494 e. The molecule has 1 heterocycles. The smallest absolute Gasteiger partial charge is 0.249 e. The number of hydrogen-bond donors (Lipinski definition) is 0. The Labute approximate surface area is 226 Å². The van der Waals surface area contributed by atoms with Crippen LogP contribution in [0, 0.1) is 0 Å². The summed E-state index contributed by atoms with van der Waals surface area (Å²) in [4.78, 5) is 17.6. The first kappa shape index (κ1) is 28.7. The summed E-state index contributed by atoms with van der Waals surface area (Å²) in [6.45, 7) is 6.76. The lowest BCUT2D eigenvalue weighted by molar-refractivity contribution is -0.129. The first-order valence-electron chi connectivity index (χ1n) is 12.8. The summed E-state index contributed by atoms with van der Waals surface area (Å²) >= 11 is 0. The molecule has 0 aromatic heterocycles. The molecular weight excluding hydrogens is 492 g/mol. The molecule has 0 atom stereocenters. The number of rotatable bonds is 10. The van der Waals surface area contributed by atoms with Crippen molar-refractivity contribution in [3.8, 4) is 23.0 Å². The Balaban J connectivity index is 0.00000380. The van der Waals surface area contributed by atoms with Crippen LogP contribution in [-0.4, -0.2) is 69.8 Å². The third-order valence-electron chi connectivity index (χ3n) is 6.94. The second-order valence-corrected chi connectivity index (χ2v) is 9.33. The number of benzene rings is 2. The topological polar surface area (TPSA) is 60.5 Å². The van der Waals surface area contributed by atoms with E-state index in [-0.39, 0.29) is 18.3 Å². The normalized spacial score (nSPS) is 15.2. The predicted molar refractivity (Wildman–Crippen MR) is 148 cm³/mol. The zero-order chi connectivity index (χ0) is 25.5. The molecule has 1 saturated heterocycles. The first-order chi connectivity index (χ1) is 17.6. The maximum Gasteiger partial charge on any atom is 0.249 e. The minimum absolute atomic E-state index is 0. The fourth-order valence-electron chi connectivity index (χ4n) is 4.86. The fraction of sp³-hybridized carbons (Fsp3) is 0.483. The SMILES string of the molecule is CCCCOc1ccc2c(c1)CCC(C(=O)N1CCN(Cc3cc(OC)c(OC)c(OC)c3)CC1)=C2.Cl. The van der Waals surface area contributed by atoms with Crippen molar-refractivity contribution in [2.24, 2.45) is 0 Å². The Morgan fingerprint density at radius 3 is 2.24 bits per heavy atom. The Bertz CT molecular complexity index is 1070. The number of hydrogen-bond acceptors (Lipinski definition) is 6. The van der Waals surface area contributed by atoms with Crippen molar-refractivity contribution in [2.75, 3.05) is 54.1 Å². The molecule has 0 bridgehead atoms. The number of carbonyl (C=O) groups excluding carboxylic acids is 1. The Hall–Kier alpha value is -2.90. The molecule has 0 unspecified atom stereocenters. The highest BCUT2D eigenvalue weighted by molar-refractivity contribution is 5.98. The maximum atomic E-state index is 13.3. The average Bonchev–Trinajstić information content (AvgIpc) is 2.92. The number of fused-ring (bicyclic) bond motifs is 1. The Kier molecular flexibility index (Phi) is 10.5. The van der Waals surface area contributed by atoms with Crippen molar-refractivity contribution in [3.63, 3.8) is 0 Å². The number of ether oxygens (including phenoxy) is 4. The molecule has 2 aliphatic rings. The van der Waals surface area contributed by atoms with Gasteiger partial charge < -0.3 is 23.8 Å². The zero-order valence-electron chi connectivity index (χ0n) is 22.4. The van der Waals surface area contributed by atoms with Crippen molar-refractivity contribution in [3.05, 3.63) is 52.6 Å². The highest BCUT2D eigenvalue weighted by Gasteiger charge is 2.26. The number of unbranched alkanes of at least 4 members (excludes halogenated alkanes) is 1. The standard InChI is InChI=1S/C29H38N2O5.ClH/c1-5-6-15-36-25-10-9-22-18-24(8-7-23(22)19-25)29(32)31-13-11-30(12-14-31)20-21-16-26(33-2)28(35-4)27(17-21)34-3;/h9-10,16-19H,5-8,11-15,20H2,1-4H3;1H. The van der Waals surface area contributed by atoms with Gasteiger partial charge in [-0.3, -0.25) is 9.69 Å². The maximum absolute atomic E-state index is 13.3. The van der Waals surface area contributed by atoms with Crippen molar-refractivity contribution in [2.45, 2.75) is 39.2 Å². The summed E-state index contributed by atoms with van der Waals surface area (Å²) in [5.41, 5.74) is 4.39. The molecule has 37 heavy (non-hydrogen) atoms. The number of piperazine rings is 1. The molecule has 7 nitrogen and oxygen atoms in total. The van der Waals surface area contributed by atoms with Crippen LogP contribution in [0.2, 0.25) is 0 Å². The van der Waals surface area contributed by atoms with Crippen molar-refractivity contribution < 1.29 is 23.7 Å². The molecule has 1 aliphatic carbocycles. The van der Waals surface area contributed by atoms with Crippen LogP contribution in [0.15, 0.2) is 35.9 Å². The van der Waals surface area contributed by atoms with Crippen molar-refractivity contribution in [1.82, 2.24) is 9.80 Å². The van der Waals surface area contributed by atoms with Gasteiger partial charge in [0.15, 0.2) is 11.5 Å². The van der Waals surface area contributed by atoms with E-state index >= 15 is 0 Å². The second-order valence-electron chi connectivity index (χ2n) is 9.33. The van der Waals surface area contributed by atoms with Crippen LogP contribution in [0.3, 0.4) is 0 Å². The summed E-state index contributed by atoms with van der Waals surface area (Å²) in [6.07, 6.45) is 5.90. The molecule has 0 saturated carbocycles. The third kappa shape index (κ3) is 6.90. The van der Waals surface area contributed by atoms with E-state index < -0.39 is 0 Å². The van der Waals surface area contributed by atoms with E-state index in [9.17, 15) is 4.79 Å². The highest BCUT2D eigenvalue weighted by Crippen LogP contribution is 2.38. The second kappa shape index (κ2) is 13.6. The van der Waals surface area contributed by atoms with Gasteiger partial charge in [-0.25, -0.2) is 0 Å². The van der Waals surface area contributed by atoms with Gasteiger partial charge in [-0.2, -0.15) is 0 Å². The molecular formula is C29H39ClN2O5. The Morgan fingerprint density at radius 1 is 0.919 bits per heavy atom. The molecule has 0 N–H and O–H groups in total. The van der Waals surface area contributed by atoms with E-state index in [0.29, 0.717) is 17.2 Å². The molecule has 1 amide bonds. The van der Waals surface area contributed by atoms with E-state index in [2.05, 4.69) is 30.0 Å². The van der Waals surface area contributed by atoms with Crippen LogP contribution in [0.5, 0.6) is 23.0 Å². The van der Waals surface area contributed by atoms with Crippen LogP contribution in [0.4, 0.5) is 0 Å². The van der Waals surface area contributed by atoms with Crippen LogP contribution >= 0.6 is 12.4 Å². The zero-order valence-corrected chi connectivity index (χ0v) is 23.2. The van der Waals surface area contributed by atoms with Gasteiger partial charge in [-0.05, 0) is 66.3 Å². The van der Waals surface area contributed by atoms with E-state index in [0.717, 1.165) is 87.5 Å². The van der Waals surface area contributed by atoms with Crippen LogP contribution in [0.1, 0.15) is 42.9 Å². The number of amides is 1. The minimum atomic E-state index is 0. The molecule has 0 spiro atoms. The molecule has 2 aromatic rings. The van der Waals surface area contributed by atoms with E-state index in [1.54, 1.807) is 21.3 Å². The third-order valence-corrected chi connectivity index (χ3v) is 6.94. The molecule has 0 radical (unpaired) electrons. The first-order valence-corrected chi connectivity index (χ1v) is 12.8. The fourth-order valence-corrected chi connectivity index (χ4v) is 4.86. The van der Waals surface area contributed by atoms with Crippen LogP contribution in [-0.2, 0) is 17.8 Å². The van der Waals surface area contributed by atoms with Crippen molar-refractivity contribution >= 4 is 24.4 Å². The number of nitrogens with zero attached hydrogens (tertiary/aromatic N) is 2.